The van der Waals surface area contributed by atoms with Gasteiger partial charge < -0.3 is 15.1 Å². The molecule has 0 radical (unpaired) electrons. The van der Waals surface area contributed by atoms with Gasteiger partial charge in [0.2, 0.25) is 11.8 Å². The van der Waals surface area contributed by atoms with Gasteiger partial charge in [0.25, 0.3) is 5.91 Å². The molecule has 3 rings (SSSR count). The molecule has 0 spiro atoms. The molecule has 0 atom stereocenters. The lowest BCUT2D eigenvalue weighted by Gasteiger charge is -2.34. The maximum Gasteiger partial charge on any atom is 0.324 e. The minimum Gasteiger partial charge on any atom is -0.355 e. The van der Waals surface area contributed by atoms with Crippen LogP contribution < -0.4 is 10.6 Å². The van der Waals surface area contributed by atoms with Crippen molar-refractivity contribution in [3.8, 4) is 0 Å². The van der Waals surface area contributed by atoms with Crippen LogP contribution in [0.2, 0.25) is 0 Å². The van der Waals surface area contributed by atoms with E-state index in [9.17, 15) is 19.2 Å². The topological polar surface area (TPSA) is 102 Å². The summed E-state index contributed by atoms with van der Waals surface area (Å²) in [5.74, 6) is -0.300. The summed E-state index contributed by atoms with van der Waals surface area (Å²) in [6.45, 7) is 4.86. The zero-order valence-electron chi connectivity index (χ0n) is 15.7. The first kappa shape index (κ1) is 20.3. The Hall–Kier alpha value is -2.46. The van der Waals surface area contributed by atoms with E-state index in [1.165, 1.54) is 16.2 Å². The van der Waals surface area contributed by atoms with Gasteiger partial charge in [0.05, 0.1) is 4.88 Å². The van der Waals surface area contributed by atoms with Crippen molar-refractivity contribution in [1.29, 1.82) is 0 Å². The van der Waals surface area contributed by atoms with Crippen molar-refractivity contribution >= 4 is 35.1 Å². The van der Waals surface area contributed by atoms with Crippen molar-refractivity contribution < 1.29 is 19.2 Å². The lowest BCUT2D eigenvalue weighted by molar-refractivity contribution is -0.121. The Bertz CT molecular complexity index is 716. The Balaban J connectivity index is 1.28. The number of piperazine rings is 1. The van der Waals surface area contributed by atoms with Gasteiger partial charge in [-0.05, 0) is 11.4 Å². The molecule has 5 amide bonds. The second-order valence-electron chi connectivity index (χ2n) is 6.80. The second kappa shape index (κ2) is 9.65. The van der Waals surface area contributed by atoms with E-state index in [4.69, 9.17) is 0 Å². The van der Waals surface area contributed by atoms with Gasteiger partial charge in [0.15, 0.2) is 0 Å². The van der Waals surface area contributed by atoms with Crippen LogP contribution >= 0.6 is 11.3 Å². The molecule has 2 N–H and O–H groups in total. The predicted octanol–water partition coefficient (Wildman–Crippen LogP) is -0.0459. The molecule has 2 fully saturated rings. The Morgan fingerprint density at radius 3 is 2.57 bits per heavy atom. The molecule has 2 saturated heterocycles. The van der Waals surface area contributed by atoms with Gasteiger partial charge in [-0.15, -0.1) is 11.3 Å². The fourth-order valence-corrected chi connectivity index (χ4v) is 3.91. The average molecular weight is 407 g/mol. The smallest absolute Gasteiger partial charge is 0.324 e. The van der Waals surface area contributed by atoms with Crippen LogP contribution in [0.1, 0.15) is 22.5 Å². The number of carbonyl (C=O) groups is 4. The molecular weight excluding hydrogens is 382 g/mol. The molecule has 0 aromatic carbocycles. The molecule has 28 heavy (non-hydrogen) atoms. The van der Waals surface area contributed by atoms with Gasteiger partial charge in [0, 0.05) is 65.2 Å². The number of amides is 5. The molecule has 9 nitrogen and oxygen atoms in total. The van der Waals surface area contributed by atoms with Crippen molar-refractivity contribution in [2.75, 3.05) is 52.4 Å². The highest BCUT2D eigenvalue weighted by atomic mass is 32.1. The minimum atomic E-state index is -0.431. The fourth-order valence-electron chi connectivity index (χ4n) is 3.22. The third-order valence-corrected chi connectivity index (χ3v) is 5.75. The number of hydrogen-bond acceptors (Lipinski definition) is 6. The number of imide groups is 1. The van der Waals surface area contributed by atoms with Crippen LogP contribution in [0.25, 0.3) is 0 Å². The van der Waals surface area contributed by atoms with E-state index in [-0.39, 0.29) is 30.6 Å². The van der Waals surface area contributed by atoms with Crippen molar-refractivity contribution in [1.82, 2.24) is 25.3 Å². The van der Waals surface area contributed by atoms with E-state index in [2.05, 4.69) is 15.5 Å². The summed E-state index contributed by atoms with van der Waals surface area (Å²) in [5, 5.41) is 7.01. The van der Waals surface area contributed by atoms with Crippen molar-refractivity contribution in [3.05, 3.63) is 22.4 Å². The van der Waals surface area contributed by atoms with Gasteiger partial charge in [-0.1, -0.05) is 6.07 Å². The normalized spacial score (nSPS) is 18.1. The van der Waals surface area contributed by atoms with Crippen LogP contribution in [0, 0.1) is 0 Å². The van der Waals surface area contributed by atoms with Gasteiger partial charge >= 0.3 is 6.03 Å². The number of hydrogen-bond donors (Lipinski definition) is 2. The summed E-state index contributed by atoms with van der Waals surface area (Å²) < 4.78 is 0. The van der Waals surface area contributed by atoms with Crippen molar-refractivity contribution in [2.45, 2.75) is 12.8 Å². The van der Waals surface area contributed by atoms with E-state index in [0.717, 1.165) is 24.5 Å². The standard InChI is InChI=1S/C18H25N5O4S/c24-15(3-6-23-7-4-16(25)20-18(23)27)19-5-8-21-9-11-22(12-10-21)17(26)14-2-1-13-28-14/h1-2,13H,3-12H2,(H,19,24)(H,20,25,27). The largest absolute Gasteiger partial charge is 0.355 e. The third-order valence-electron chi connectivity index (χ3n) is 4.89. The molecular formula is C18H25N5O4S. The summed E-state index contributed by atoms with van der Waals surface area (Å²) in [7, 11) is 0. The van der Waals surface area contributed by atoms with Crippen molar-refractivity contribution in [3.63, 3.8) is 0 Å². The van der Waals surface area contributed by atoms with E-state index in [1.807, 2.05) is 22.4 Å². The highest BCUT2D eigenvalue weighted by Crippen LogP contribution is 2.13. The quantitative estimate of drug-likeness (QED) is 0.660. The molecule has 3 heterocycles. The highest BCUT2D eigenvalue weighted by molar-refractivity contribution is 7.12. The maximum atomic E-state index is 12.3. The van der Waals surface area contributed by atoms with Crippen LogP contribution in [0.3, 0.4) is 0 Å². The van der Waals surface area contributed by atoms with Crippen LogP contribution in [0.5, 0.6) is 0 Å². The second-order valence-corrected chi connectivity index (χ2v) is 7.75. The minimum absolute atomic E-state index is 0.0893. The van der Waals surface area contributed by atoms with Gasteiger partial charge in [-0.3, -0.25) is 24.6 Å². The molecule has 152 valence electrons. The molecule has 1 aromatic heterocycles. The van der Waals surface area contributed by atoms with E-state index in [0.29, 0.717) is 32.7 Å². The number of urea groups is 1. The predicted molar refractivity (Wildman–Crippen MR) is 104 cm³/mol. The molecule has 2 aliphatic rings. The summed E-state index contributed by atoms with van der Waals surface area (Å²) in [6.07, 6.45) is 0.485. The Morgan fingerprint density at radius 2 is 1.89 bits per heavy atom. The lowest BCUT2D eigenvalue weighted by atomic mass is 10.2. The number of rotatable bonds is 7. The van der Waals surface area contributed by atoms with Gasteiger partial charge in [-0.25, -0.2) is 4.79 Å². The fraction of sp³-hybridized carbons (Fsp3) is 0.556. The van der Waals surface area contributed by atoms with E-state index in [1.54, 1.807) is 0 Å². The maximum absolute atomic E-state index is 12.3. The van der Waals surface area contributed by atoms with Crippen LogP contribution in [0.15, 0.2) is 17.5 Å². The molecule has 0 unspecified atom stereocenters. The van der Waals surface area contributed by atoms with Crippen molar-refractivity contribution in [2.24, 2.45) is 0 Å². The molecule has 1 aromatic rings. The zero-order chi connectivity index (χ0) is 19.9. The Morgan fingerprint density at radius 1 is 1.11 bits per heavy atom. The highest BCUT2D eigenvalue weighted by Gasteiger charge is 2.24. The average Bonchev–Trinajstić information content (AvgIpc) is 3.22. The first-order chi connectivity index (χ1) is 13.5. The molecule has 2 aliphatic heterocycles. The van der Waals surface area contributed by atoms with Crippen LogP contribution in [-0.4, -0.2) is 90.8 Å². The summed E-state index contributed by atoms with van der Waals surface area (Å²) in [6, 6.07) is 3.30. The third kappa shape index (κ3) is 5.52. The molecule has 0 aliphatic carbocycles. The summed E-state index contributed by atoms with van der Waals surface area (Å²) in [4.78, 5) is 53.3. The van der Waals surface area contributed by atoms with Crippen LogP contribution in [0.4, 0.5) is 4.79 Å². The Labute approximate surface area is 167 Å². The summed E-state index contributed by atoms with van der Waals surface area (Å²) >= 11 is 1.46. The zero-order valence-corrected chi connectivity index (χ0v) is 16.5. The number of carbonyl (C=O) groups excluding carboxylic acids is 4. The van der Waals surface area contributed by atoms with E-state index < -0.39 is 6.03 Å². The molecule has 10 heteroatoms. The van der Waals surface area contributed by atoms with Gasteiger partial charge in [-0.2, -0.15) is 0 Å². The van der Waals surface area contributed by atoms with E-state index >= 15 is 0 Å². The lowest BCUT2D eigenvalue weighted by Crippen LogP contribution is -2.51. The Kier molecular flexibility index (Phi) is 6.99. The first-order valence-corrected chi connectivity index (χ1v) is 10.3. The number of thiophene rings is 1. The van der Waals surface area contributed by atoms with Crippen LogP contribution in [-0.2, 0) is 9.59 Å². The summed E-state index contributed by atoms with van der Waals surface area (Å²) in [5.41, 5.74) is 0. The molecule has 0 saturated carbocycles. The number of nitrogens with one attached hydrogen (secondary N) is 2. The monoisotopic (exact) mass is 407 g/mol. The number of nitrogens with zero attached hydrogens (tertiary/aromatic N) is 3. The molecule has 0 bridgehead atoms. The first-order valence-electron chi connectivity index (χ1n) is 9.43. The SMILES string of the molecule is O=C(CCN1CCC(=O)NC1=O)NCCN1CCN(C(=O)c2cccs2)CC1. The van der Waals surface area contributed by atoms with Gasteiger partial charge in [0.1, 0.15) is 0 Å².